The first-order valence-electron chi connectivity index (χ1n) is 11.2. The molecule has 10 heteroatoms. The molecule has 10 nitrogen and oxygen atoms in total. The summed E-state index contributed by atoms with van der Waals surface area (Å²) in [6, 6.07) is 1.75. The van der Waals surface area contributed by atoms with E-state index in [-0.39, 0.29) is 17.7 Å². The highest BCUT2D eigenvalue weighted by molar-refractivity contribution is 5.68. The molecular weight excluding hydrogens is 424 g/mol. The Labute approximate surface area is 194 Å². The molecule has 1 amide bonds. The molecule has 2 aromatic rings. The van der Waals surface area contributed by atoms with Crippen molar-refractivity contribution in [3.8, 4) is 11.3 Å². The normalized spacial score (nSPS) is 17.8. The average Bonchev–Trinajstić information content (AvgIpc) is 3.19. The summed E-state index contributed by atoms with van der Waals surface area (Å²) < 4.78 is 12.3. The van der Waals surface area contributed by atoms with Gasteiger partial charge in [-0.15, -0.1) is 0 Å². The predicted molar refractivity (Wildman–Crippen MR) is 128 cm³/mol. The summed E-state index contributed by atoms with van der Waals surface area (Å²) in [5.41, 5.74) is 2.57. The molecule has 0 aliphatic carbocycles. The van der Waals surface area contributed by atoms with Crippen LogP contribution in [0, 0.1) is 6.92 Å². The molecule has 2 atom stereocenters. The number of nitrogens with one attached hydrogen (secondary N) is 1. The van der Waals surface area contributed by atoms with E-state index in [1.165, 1.54) is 7.11 Å². The minimum atomic E-state index is -0.397. The van der Waals surface area contributed by atoms with E-state index in [0.29, 0.717) is 43.2 Å². The Bertz CT molecular complexity index is 1070. The fourth-order valence-corrected chi connectivity index (χ4v) is 4.07. The summed E-state index contributed by atoms with van der Waals surface area (Å²) >= 11 is 0. The predicted octanol–water partition coefficient (Wildman–Crippen LogP) is 2.05. The molecule has 0 spiro atoms. The van der Waals surface area contributed by atoms with Crippen molar-refractivity contribution in [3.05, 3.63) is 33.9 Å². The van der Waals surface area contributed by atoms with Gasteiger partial charge in [0.25, 0.3) is 5.56 Å². The Morgan fingerprint density at radius 3 is 2.61 bits per heavy atom. The molecule has 3 heterocycles. The van der Waals surface area contributed by atoms with Crippen LogP contribution in [0.15, 0.2) is 17.1 Å². The highest BCUT2D eigenvalue weighted by Crippen LogP contribution is 2.25. The van der Waals surface area contributed by atoms with Crippen LogP contribution >= 0.6 is 0 Å². The van der Waals surface area contributed by atoms with Crippen molar-refractivity contribution in [2.24, 2.45) is 7.05 Å². The van der Waals surface area contributed by atoms with Crippen molar-refractivity contribution in [1.82, 2.24) is 19.4 Å². The topological polar surface area (TPSA) is 102 Å². The van der Waals surface area contributed by atoms with Gasteiger partial charge in [-0.3, -0.25) is 9.36 Å². The Balaban J connectivity index is 1.99. The van der Waals surface area contributed by atoms with Crippen LogP contribution in [0.2, 0.25) is 0 Å². The third kappa shape index (κ3) is 4.95. The maximum absolute atomic E-state index is 13.3. The molecule has 2 aromatic heterocycles. The molecule has 180 valence electrons. The summed E-state index contributed by atoms with van der Waals surface area (Å²) in [5.74, 6) is 1.45. The highest BCUT2D eigenvalue weighted by atomic mass is 16.5. The second-order valence-electron chi connectivity index (χ2n) is 8.34. The molecule has 1 aliphatic rings. The SMILES string of the molecule is CCO[C@H]1CN(C(=O)OC)C[C@H]1Nc1c(CC)nc(-c2cnc(N(C)C)cc2C)c(=O)n1C. The molecule has 0 radical (unpaired) electrons. The number of likely N-dealkylation sites (tertiary alicyclic amines) is 1. The minimum absolute atomic E-state index is 0.199. The number of ether oxygens (including phenoxy) is 2. The van der Waals surface area contributed by atoms with Crippen LogP contribution < -0.4 is 15.8 Å². The largest absolute Gasteiger partial charge is 0.453 e. The van der Waals surface area contributed by atoms with Crippen LogP contribution in [0.4, 0.5) is 16.4 Å². The van der Waals surface area contributed by atoms with E-state index >= 15 is 0 Å². The number of amides is 1. The van der Waals surface area contributed by atoms with E-state index in [1.54, 1.807) is 22.7 Å². The van der Waals surface area contributed by atoms with E-state index in [1.807, 2.05) is 45.8 Å². The van der Waals surface area contributed by atoms with Crippen molar-refractivity contribution in [3.63, 3.8) is 0 Å². The lowest BCUT2D eigenvalue weighted by molar-refractivity contribution is 0.0613. The van der Waals surface area contributed by atoms with Gasteiger partial charge in [-0.2, -0.15) is 0 Å². The zero-order chi connectivity index (χ0) is 24.3. The maximum atomic E-state index is 13.3. The van der Waals surface area contributed by atoms with Crippen LogP contribution in [0.1, 0.15) is 25.1 Å². The monoisotopic (exact) mass is 458 g/mol. The average molecular weight is 459 g/mol. The fraction of sp³-hybridized carbons (Fsp3) is 0.565. The van der Waals surface area contributed by atoms with Crippen molar-refractivity contribution < 1.29 is 14.3 Å². The van der Waals surface area contributed by atoms with E-state index in [9.17, 15) is 9.59 Å². The van der Waals surface area contributed by atoms with Crippen molar-refractivity contribution in [2.45, 2.75) is 39.3 Å². The third-order valence-corrected chi connectivity index (χ3v) is 5.91. The highest BCUT2D eigenvalue weighted by Gasteiger charge is 2.37. The van der Waals surface area contributed by atoms with Gasteiger partial charge in [0.05, 0.1) is 31.5 Å². The van der Waals surface area contributed by atoms with Gasteiger partial charge >= 0.3 is 6.09 Å². The van der Waals surface area contributed by atoms with E-state index < -0.39 is 6.09 Å². The van der Waals surface area contributed by atoms with E-state index in [0.717, 1.165) is 17.1 Å². The minimum Gasteiger partial charge on any atom is -0.453 e. The number of aromatic nitrogens is 3. The molecule has 1 aliphatic heterocycles. The number of aryl methyl sites for hydroxylation is 2. The van der Waals surface area contributed by atoms with Gasteiger partial charge < -0.3 is 24.6 Å². The van der Waals surface area contributed by atoms with Crippen molar-refractivity contribution >= 4 is 17.7 Å². The molecule has 1 N–H and O–H groups in total. The summed E-state index contributed by atoms with van der Waals surface area (Å²) in [6.45, 7) is 7.21. The first-order chi connectivity index (χ1) is 15.7. The standard InChI is InChI=1S/C23H34N6O4/c1-8-16-21(26-17-12-29(23(31)32-7)13-18(17)33-9-2)28(6)22(30)20(25-16)15-11-24-19(27(4)5)10-14(15)3/h10-11,17-18,26H,8-9,12-13H2,1-7H3/t17-,18+/m1/s1. The lowest BCUT2D eigenvalue weighted by atomic mass is 10.1. The van der Waals surface area contributed by atoms with Crippen molar-refractivity contribution in [2.75, 3.05) is 51.1 Å². The van der Waals surface area contributed by atoms with E-state index in [2.05, 4.69) is 10.3 Å². The number of anilines is 2. The number of carbonyl (C=O) groups excluding carboxylic acids is 1. The molecule has 1 fully saturated rings. The molecule has 0 unspecified atom stereocenters. The maximum Gasteiger partial charge on any atom is 0.409 e. The van der Waals surface area contributed by atoms with Gasteiger partial charge in [0.15, 0.2) is 0 Å². The summed E-state index contributed by atoms with van der Waals surface area (Å²) in [5, 5.41) is 3.43. The summed E-state index contributed by atoms with van der Waals surface area (Å²) in [6.07, 6.45) is 1.71. The molecular formula is C23H34N6O4. The van der Waals surface area contributed by atoms with E-state index in [4.69, 9.17) is 14.5 Å². The van der Waals surface area contributed by atoms with Crippen LogP contribution in [-0.4, -0.2) is 78.6 Å². The van der Waals surface area contributed by atoms with Gasteiger partial charge in [0, 0.05) is 46.1 Å². The first-order valence-corrected chi connectivity index (χ1v) is 11.2. The fourth-order valence-electron chi connectivity index (χ4n) is 4.07. The molecule has 0 aromatic carbocycles. The number of rotatable bonds is 7. The molecule has 33 heavy (non-hydrogen) atoms. The van der Waals surface area contributed by atoms with Gasteiger partial charge in [0.1, 0.15) is 17.3 Å². The number of nitrogens with zero attached hydrogens (tertiary/aromatic N) is 5. The molecule has 0 saturated carbocycles. The summed E-state index contributed by atoms with van der Waals surface area (Å²) in [7, 11) is 6.94. The quantitative estimate of drug-likeness (QED) is 0.673. The van der Waals surface area contributed by atoms with Crippen molar-refractivity contribution in [1.29, 1.82) is 0 Å². The zero-order valence-corrected chi connectivity index (χ0v) is 20.5. The second kappa shape index (κ2) is 10.2. The van der Waals surface area contributed by atoms with Gasteiger partial charge in [-0.25, -0.2) is 14.8 Å². The lowest BCUT2D eigenvalue weighted by Crippen LogP contribution is -2.37. The molecule has 3 rings (SSSR count). The summed E-state index contributed by atoms with van der Waals surface area (Å²) in [4.78, 5) is 38.1. The number of hydrogen-bond donors (Lipinski definition) is 1. The van der Waals surface area contributed by atoms with Crippen LogP contribution in [-0.2, 0) is 22.9 Å². The lowest BCUT2D eigenvalue weighted by Gasteiger charge is -2.24. The smallest absolute Gasteiger partial charge is 0.409 e. The second-order valence-corrected chi connectivity index (χ2v) is 8.34. The Morgan fingerprint density at radius 1 is 1.30 bits per heavy atom. The Morgan fingerprint density at radius 2 is 2.03 bits per heavy atom. The number of methoxy groups -OCH3 is 1. The number of hydrogen-bond acceptors (Lipinski definition) is 8. The van der Waals surface area contributed by atoms with Gasteiger partial charge in [-0.05, 0) is 31.9 Å². The van der Waals surface area contributed by atoms with Gasteiger partial charge in [0.2, 0.25) is 0 Å². The van der Waals surface area contributed by atoms with Gasteiger partial charge in [-0.1, -0.05) is 6.92 Å². The Hall–Kier alpha value is -3.14. The number of pyridine rings is 1. The van der Waals surface area contributed by atoms with Crippen LogP contribution in [0.25, 0.3) is 11.3 Å². The zero-order valence-electron chi connectivity index (χ0n) is 20.5. The Kier molecular flexibility index (Phi) is 7.57. The number of carbonyl (C=O) groups is 1. The van der Waals surface area contributed by atoms with Crippen LogP contribution in [0.5, 0.6) is 0 Å². The molecule has 0 bridgehead atoms. The first kappa shape index (κ1) is 24.5. The molecule has 1 saturated heterocycles. The third-order valence-electron chi connectivity index (χ3n) is 5.91. The van der Waals surface area contributed by atoms with Crippen LogP contribution in [0.3, 0.4) is 0 Å².